The summed E-state index contributed by atoms with van der Waals surface area (Å²) in [6.07, 6.45) is 0. The number of hydrogen-bond acceptors (Lipinski definition) is 3. The molecule has 0 aliphatic heterocycles. The zero-order valence-electron chi connectivity index (χ0n) is 7.52. The van der Waals surface area contributed by atoms with Crippen molar-refractivity contribution in [1.29, 1.82) is 0 Å². The minimum Gasteiger partial charge on any atom is -1.00 e. The number of rotatable bonds is 2. The van der Waals surface area contributed by atoms with Gasteiger partial charge in [-0.3, -0.25) is 0 Å². The van der Waals surface area contributed by atoms with Crippen LogP contribution in [-0.2, 0) is 12.4 Å². The van der Waals surface area contributed by atoms with Crippen molar-refractivity contribution >= 4 is 24.1 Å². The fourth-order valence-electron chi connectivity index (χ4n) is 0.734. The minimum absolute atomic E-state index is 0. The zero-order chi connectivity index (χ0) is 8.27. The number of nitrogens with zero attached hydrogens (tertiary/aromatic N) is 1. The molecule has 0 aliphatic carbocycles. The topological polar surface area (TPSA) is 49.7 Å². The molecule has 0 amide bonds. The Morgan fingerprint density at radius 1 is 1.50 bits per heavy atom. The van der Waals surface area contributed by atoms with Gasteiger partial charge in [-0.2, -0.15) is 4.36 Å². The number of carboxylic acid groups (broad SMARTS) is 1. The number of benzene rings is 1. The Bertz CT molecular complexity index is 308. The maximum Gasteiger partial charge on any atom is 1.00 e. The first-order chi connectivity index (χ1) is 5.25. The Labute approximate surface area is 88.6 Å². The van der Waals surface area contributed by atoms with E-state index in [1.165, 1.54) is 6.07 Å². The number of carbonyl (C=O) groups is 1. The summed E-state index contributed by atoms with van der Waals surface area (Å²) in [6.45, 7) is 0. The van der Waals surface area contributed by atoms with Crippen LogP contribution in [0.5, 0.6) is 0 Å². The molecule has 1 rings (SSSR count). The second-order valence-corrected chi connectivity index (χ2v) is 2.10. The summed E-state index contributed by atoms with van der Waals surface area (Å²) in [5, 5.41) is 8.59. The van der Waals surface area contributed by atoms with Gasteiger partial charge in [-0.05, 0) is 12.1 Å². The second-order valence-electron chi connectivity index (χ2n) is 1.91. The van der Waals surface area contributed by atoms with E-state index in [0.29, 0.717) is 5.69 Å². The fourth-order valence-corrected chi connectivity index (χ4v) is 0.893. The summed E-state index contributed by atoms with van der Waals surface area (Å²) in [7, 11) is 0. The molecular weight excluding hydrogens is 169 g/mol. The maximum atomic E-state index is 10.5. The van der Waals surface area contributed by atoms with Crippen LogP contribution < -0.4 is 18.9 Å². The van der Waals surface area contributed by atoms with Crippen molar-refractivity contribution in [3.05, 3.63) is 29.8 Å². The fraction of sp³-hybridized carbons (Fsp3) is 0. The van der Waals surface area contributed by atoms with Crippen LogP contribution in [0.3, 0.4) is 0 Å². The molecule has 0 radical (unpaired) electrons. The van der Waals surface area contributed by atoms with Crippen molar-refractivity contribution in [2.24, 2.45) is 4.36 Å². The van der Waals surface area contributed by atoms with Crippen molar-refractivity contribution in [2.75, 3.05) is 0 Å². The monoisotopic (exact) mass is 175 g/mol. The van der Waals surface area contributed by atoms with Crippen LogP contribution in [0.25, 0.3) is 0 Å². The van der Waals surface area contributed by atoms with E-state index >= 15 is 0 Å². The van der Waals surface area contributed by atoms with Crippen molar-refractivity contribution in [1.82, 2.24) is 0 Å². The molecule has 0 spiro atoms. The third-order valence-corrected chi connectivity index (χ3v) is 1.43. The molecule has 0 saturated carbocycles. The van der Waals surface area contributed by atoms with Gasteiger partial charge in [0, 0.05) is 12.4 Å². The van der Waals surface area contributed by atoms with Gasteiger partial charge in [0.2, 0.25) is 0 Å². The van der Waals surface area contributed by atoms with E-state index in [1.54, 1.807) is 18.2 Å². The molecule has 3 nitrogen and oxygen atoms in total. The van der Waals surface area contributed by atoms with Gasteiger partial charge >= 0.3 is 24.8 Å². The summed E-state index contributed by atoms with van der Waals surface area (Å²) >= 11 is 4.39. The van der Waals surface area contributed by atoms with E-state index in [1.807, 2.05) is 0 Å². The van der Waals surface area contributed by atoms with Gasteiger partial charge in [-0.25, -0.2) is 4.79 Å². The minimum atomic E-state index is -1.01. The molecule has 0 heterocycles. The largest absolute Gasteiger partial charge is 1.00 e. The van der Waals surface area contributed by atoms with Gasteiger partial charge < -0.3 is 6.53 Å². The second kappa shape index (κ2) is 5.04. The van der Waals surface area contributed by atoms with Crippen molar-refractivity contribution in [2.45, 2.75) is 0 Å². The molecule has 0 aliphatic rings. The normalized spacial score (nSPS) is 8.33. The van der Waals surface area contributed by atoms with Gasteiger partial charge in [0.1, 0.15) is 0 Å². The number of carboxylic acids is 1. The van der Waals surface area contributed by atoms with Gasteiger partial charge in [0.15, 0.2) is 0 Å². The van der Waals surface area contributed by atoms with Crippen molar-refractivity contribution in [3.63, 3.8) is 0 Å². The molecule has 0 unspecified atom stereocenters. The Kier molecular flexibility index (Phi) is 4.75. The summed E-state index contributed by atoms with van der Waals surface area (Å²) < 4.78 is 3.39. The summed E-state index contributed by atoms with van der Waals surface area (Å²) in [5.41, 5.74) is 0.470. The third-order valence-electron chi connectivity index (χ3n) is 1.23. The smallest absolute Gasteiger partial charge is 1.00 e. The van der Waals surface area contributed by atoms with E-state index in [2.05, 4.69) is 16.8 Å². The average molecular weight is 175 g/mol. The average Bonchev–Trinajstić information content (AvgIpc) is 2.04. The molecule has 0 aromatic heterocycles. The van der Waals surface area contributed by atoms with Crippen LogP contribution in [0.2, 0.25) is 0 Å². The molecule has 5 heteroatoms. The summed E-state index contributed by atoms with van der Waals surface area (Å²) in [6, 6.07) is 6.36. The zero-order valence-corrected chi connectivity index (χ0v) is 7.34. The van der Waals surface area contributed by atoms with Crippen LogP contribution in [-0.4, -0.2) is 11.1 Å². The summed E-state index contributed by atoms with van der Waals surface area (Å²) in [4.78, 5) is 10.5. The van der Waals surface area contributed by atoms with Crippen LogP contribution in [0.15, 0.2) is 28.6 Å². The molecule has 12 heavy (non-hydrogen) atoms. The third kappa shape index (κ3) is 2.42. The number of aromatic carboxylic acids is 1. The Morgan fingerprint density at radius 3 is 2.50 bits per heavy atom. The van der Waals surface area contributed by atoms with Gasteiger partial charge in [0.25, 0.3) is 0 Å². The van der Waals surface area contributed by atoms with Crippen LogP contribution >= 0.6 is 0 Å². The first kappa shape index (κ1) is 11.3. The predicted molar refractivity (Wildman–Crippen MR) is 44.0 cm³/mol. The van der Waals surface area contributed by atoms with E-state index in [0.717, 1.165) is 0 Å². The molecule has 0 saturated heterocycles. The molecule has 0 bridgehead atoms. The molecular formula is C7H6LiNO2S. The predicted octanol–water partition coefficient (Wildman–Crippen LogP) is -1.14. The molecule has 58 valence electrons. The Hall–Kier alpha value is -0.693. The number of hydrogen-bond donors (Lipinski definition) is 1. The first-order valence-electron chi connectivity index (χ1n) is 2.91. The first-order valence-corrected chi connectivity index (χ1v) is 3.28. The van der Waals surface area contributed by atoms with Gasteiger partial charge in [0.05, 0.1) is 11.3 Å². The van der Waals surface area contributed by atoms with Gasteiger partial charge in [-0.1, -0.05) is 12.1 Å². The summed E-state index contributed by atoms with van der Waals surface area (Å²) in [5.74, 6) is -1.01. The van der Waals surface area contributed by atoms with Crippen LogP contribution in [0.1, 0.15) is 11.8 Å². The van der Waals surface area contributed by atoms with E-state index in [9.17, 15) is 4.79 Å². The Morgan fingerprint density at radius 2 is 2.08 bits per heavy atom. The molecule has 1 aromatic carbocycles. The molecule has 1 N–H and O–H groups in total. The Balaban J connectivity index is 0. The SMILES string of the molecule is O=C(O)c1ccccc1N=S.[H-].[Li+]. The quantitative estimate of drug-likeness (QED) is 0.578. The van der Waals surface area contributed by atoms with Crippen LogP contribution in [0.4, 0.5) is 5.69 Å². The molecule has 1 aromatic rings. The van der Waals surface area contributed by atoms with E-state index in [-0.39, 0.29) is 25.9 Å². The molecule has 0 fully saturated rings. The molecule has 0 atom stereocenters. The van der Waals surface area contributed by atoms with Crippen molar-refractivity contribution < 1.29 is 30.2 Å². The van der Waals surface area contributed by atoms with E-state index < -0.39 is 5.97 Å². The van der Waals surface area contributed by atoms with Crippen LogP contribution in [0, 0.1) is 0 Å². The standard InChI is InChI=1S/C7H5NO2S.Li.H/c9-7(10)5-3-1-2-4-6(5)8-11;;/h1-4H,(H,9,10);;/q;+1;-1. The van der Waals surface area contributed by atoms with Crippen molar-refractivity contribution in [3.8, 4) is 0 Å². The van der Waals surface area contributed by atoms with E-state index in [4.69, 9.17) is 5.11 Å². The van der Waals surface area contributed by atoms with Gasteiger partial charge in [-0.15, -0.1) is 0 Å². The maximum absolute atomic E-state index is 10.5.